The SMILES string of the molecule is CC[Si](C#Cc1c2cc3ccccc3cc2c(C#CS(C(C)C)(C(C)C)C(C)C)c2cc3ccccc3cc12)(CC)CC. The molecule has 43 heavy (non-hydrogen) atoms. The van der Waals surface area contributed by atoms with Crippen LogP contribution in [0.5, 0.6) is 0 Å². The summed E-state index contributed by atoms with van der Waals surface area (Å²) >= 11 is 0. The first-order valence-electron chi connectivity index (χ1n) is 16.3. The minimum Gasteiger partial charge on any atom is -0.170 e. The van der Waals surface area contributed by atoms with Gasteiger partial charge in [0.15, 0.2) is 0 Å². The molecule has 0 aliphatic heterocycles. The highest BCUT2D eigenvalue weighted by Crippen LogP contribution is 2.59. The summed E-state index contributed by atoms with van der Waals surface area (Å²) < 4.78 is 0. The Morgan fingerprint density at radius 2 is 0.860 bits per heavy atom. The highest BCUT2D eigenvalue weighted by atomic mass is 32.3. The van der Waals surface area contributed by atoms with Crippen LogP contribution in [0, 0.1) is 22.6 Å². The van der Waals surface area contributed by atoms with Gasteiger partial charge in [-0.3, -0.25) is 0 Å². The maximum atomic E-state index is 4.04. The van der Waals surface area contributed by atoms with Crippen molar-refractivity contribution in [2.75, 3.05) is 0 Å². The lowest BCUT2D eigenvalue weighted by Gasteiger charge is -2.46. The molecule has 5 aromatic carbocycles. The van der Waals surface area contributed by atoms with Crippen LogP contribution in [0.15, 0.2) is 72.8 Å². The van der Waals surface area contributed by atoms with Crippen molar-refractivity contribution in [2.45, 2.75) is 96.2 Å². The third kappa shape index (κ3) is 5.50. The molecular weight excluding hydrogens is 553 g/mol. The number of rotatable bonds is 6. The predicted molar refractivity (Wildman–Crippen MR) is 200 cm³/mol. The molecule has 0 saturated carbocycles. The van der Waals surface area contributed by atoms with Crippen molar-refractivity contribution in [3.8, 4) is 22.6 Å². The summed E-state index contributed by atoms with van der Waals surface area (Å²) in [6, 6.07) is 30.6. The third-order valence-corrected chi connectivity index (χ3v) is 19.9. The van der Waals surface area contributed by atoms with Crippen molar-refractivity contribution in [2.24, 2.45) is 0 Å². The minimum atomic E-state index is -1.66. The summed E-state index contributed by atoms with van der Waals surface area (Å²) in [4.78, 5) is 0. The zero-order valence-corrected chi connectivity index (χ0v) is 29.5. The largest absolute Gasteiger partial charge is 0.170 e. The summed E-state index contributed by atoms with van der Waals surface area (Å²) in [6.45, 7) is 21.3. The molecule has 0 atom stereocenters. The zero-order chi connectivity index (χ0) is 30.9. The van der Waals surface area contributed by atoms with Crippen LogP contribution in [0.3, 0.4) is 0 Å². The van der Waals surface area contributed by atoms with Crippen LogP contribution in [0.1, 0.15) is 73.4 Å². The minimum absolute atomic E-state index is 0.527. The Morgan fingerprint density at radius 1 is 0.535 bits per heavy atom. The standard InChI is InChI=1S/C41H48SSi/c1-10-43(11-2,12-3)24-22-37-40-27-34-19-15-13-17-32(34)25-38(40)36(21-23-42(29(4)5,30(6)7)31(8)9)39-26-33-18-14-16-20-35(33)28-41(37)39/h13-20,25-31H,10-12H2,1-9H3. The van der Waals surface area contributed by atoms with Crippen molar-refractivity contribution in [1.29, 1.82) is 0 Å². The van der Waals surface area contributed by atoms with Crippen LogP contribution in [0.25, 0.3) is 43.1 Å². The van der Waals surface area contributed by atoms with Gasteiger partial charge in [-0.05, 0) is 106 Å². The van der Waals surface area contributed by atoms with E-state index in [1.807, 2.05) is 0 Å². The van der Waals surface area contributed by atoms with Gasteiger partial charge in [-0.1, -0.05) is 123 Å². The van der Waals surface area contributed by atoms with Crippen LogP contribution in [0.2, 0.25) is 18.1 Å². The van der Waals surface area contributed by atoms with E-state index in [-0.39, 0.29) is 0 Å². The molecule has 222 valence electrons. The van der Waals surface area contributed by atoms with Gasteiger partial charge in [0.05, 0.1) is 0 Å². The average Bonchev–Trinajstić information content (AvgIpc) is 3.00. The van der Waals surface area contributed by atoms with Crippen LogP contribution in [-0.2, 0) is 0 Å². The monoisotopic (exact) mass is 600 g/mol. The number of hydrogen-bond acceptors (Lipinski definition) is 0. The predicted octanol–water partition coefficient (Wildman–Crippen LogP) is 12.0. The summed E-state index contributed by atoms with van der Waals surface area (Å²) in [5, 5.41) is 15.6. The molecule has 5 aromatic rings. The van der Waals surface area contributed by atoms with Crippen LogP contribution in [0.4, 0.5) is 0 Å². The van der Waals surface area contributed by atoms with Crippen LogP contribution >= 0.6 is 10.0 Å². The molecule has 0 aliphatic rings. The zero-order valence-electron chi connectivity index (χ0n) is 27.7. The fraction of sp³-hybridized carbons (Fsp3) is 0.366. The second-order valence-corrected chi connectivity index (χ2v) is 22.5. The second-order valence-electron chi connectivity index (χ2n) is 13.0. The van der Waals surface area contributed by atoms with Gasteiger partial charge >= 0.3 is 0 Å². The van der Waals surface area contributed by atoms with Gasteiger partial charge in [-0.2, -0.15) is 10.0 Å². The van der Waals surface area contributed by atoms with E-state index in [0.29, 0.717) is 15.7 Å². The molecule has 0 N–H and O–H groups in total. The van der Waals surface area contributed by atoms with Gasteiger partial charge < -0.3 is 0 Å². The molecule has 0 fully saturated rings. The summed E-state index contributed by atoms with van der Waals surface area (Å²) in [6.07, 6.45) is 0. The Bertz CT molecular complexity index is 1810. The third-order valence-electron chi connectivity index (χ3n) is 10.0. The lowest BCUT2D eigenvalue weighted by atomic mass is 9.89. The van der Waals surface area contributed by atoms with Gasteiger partial charge in [0.1, 0.15) is 8.07 Å². The Kier molecular flexibility index (Phi) is 9.04. The van der Waals surface area contributed by atoms with E-state index in [2.05, 4.69) is 158 Å². The molecule has 0 aliphatic carbocycles. The number of fused-ring (bicyclic) bond motifs is 4. The molecule has 0 nitrogen and oxygen atoms in total. The van der Waals surface area contributed by atoms with Gasteiger partial charge in [0.25, 0.3) is 0 Å². The van der Waals surface area contributed by atoms with E-state index in [4.69, 9.17) is 0 Å². The Balaban J connectivity index is 2.01. The molecular formula is C41H48SSi. The summed E-state index contributed by atoms with van der Waals surface area (Å²) in [5.74, 6) is 7.80. The average molecular weight is 601 g/mol. The lowest BCUT2D eigenvalue weighted by Crippen LogP contribution is -2.29. The van der Waals surface area contributed by atoms with Gasteiger partial charge in [-0.15, -0.1) is 5.54 Å². The van der Waals surface area contributed by atoms with Crippen molar-refractivity contribution < 1.29 is 0 Å². The van der Waals surface area contributed by atoms with E-state index in [9.17, 15) is 0 Å². The summed E-state index contributed by atoms with van der Waals surface area (Å²) in [7, 11) is -2.86. The van der Waals surface area contributed by atoms with Crippen LogP contribution < -0.4 is 0 Å². The van der Waals surface area contributed by atoms with Gasteiger partial charge in [-0.25, -0.2) is 0 Å². The van der Waals surface area contributed by atoms with E-state index in [0.717, 1.165) is 5.56 Å². The molecule has 0 bridgehead atoms. The fourth-order valence-corrected chi connectivity index (χ4v) is 13.9. The lowest BCUT2D eigenvalue weighted by molar-refractivity contribution is 0.959. The Morgan fingerprint density at radius 3 is 1.16 bits per heavy atom. The van der Waals surface area contributed by atoms with Gasteiger partial charge in [0.2, 0.25) is 0 Å². The molecule has 0 aromatic heterocycles. The van der Waals surface area contributed by atoms with Crippen molar-refractivity contribution >= 4 is 61.2 Å². The highest BCUT2D eigenvalue weighted by Gasteiger charge is 2.33. The molecule has 0 amide bonds. The first-order chi connectivity index (χ1) is 20.6. The molecule has 0 heterocycles. The van der Waals surface area contributed by atoms with E-state index < -0.39 is 18.1 Å². The molecule has 0 saturated heterocycles. The van der Waals surface area contributed by atoms with E-state index >= 15 is 0 Å². The topological polar surface area (TPSA) is 0 Å². The molecule has 2 heteroatoms. The quantitative estimate of drug-likeness (QED) is 0.103. The maximum absolute atomic E-state index is 4.04. The fourth-order valence-electron chi connectivity index (χ4n) is 7.20. The number of hydrogen-bond donors (Lipinski definition) is 0. The molecule has 0 spiro atoms. The van der Waals surface area contributed by atoms with Crippen molar-refractivity contribution in [3.05, 3.63) is 83.9 Å². The molecule has 0 unspecified atom stereocenters. The number of benzene rings is 5. The Hall–Kier alpha value is -3.17. The normalized spacial score (nSPS) is 12.7. The first-order valence-corrected chi connectivity index (χ1v) is 20.7. The van der Waals surface area contributed by atoms with Crippen molar-refractivity contribution in [1.82, 2.24) is 0 Å². The van der Waals surface area contributed by atoms with Gasteiger partial charge in [0, 0.05) is 11.1 Å². The van der Waals surface area contributed by atoms with Crippen molar-refractivity contribution in [3.63, 3.8) is 0 Å². The van der Waals surface area contributed by atoms with E-state index in [1.54, 1.807) is 0 Å². The van der Waals surface area contributed by atoms with E-state index in [1.165, 1.54) is 66.8 Å². The Labute approximate surface area is 263 Å². The first kappa shape index (κ1) is 31.3. The summed E-state index contributed by atoms with van der Waals surface area (Å²) in [5.41, 5.74) is 6.29. The highest BCUT2D eigenvalue weighted by molar-refractivity contribution is 8.38. The molecule has 0 radical (unpaired) electrons. The smallest absolute Gasteiger partial charge is 0.138 e. The second kappa shape index (κ2) is 12.4. The maximum Gasteiger partial charge on any atom is 0.138 e. The van der Waals surface area contributed by atoms with Crippen LogP contribution in [-0.4, -0.2) is 23.8 Å². The molecule has 5 rings (SSSR count).